The van der Waals surface area contributed by atoms with E-state index >= 15 is 0 Å². The van der Waals surface area contributed by atoms with Gasteiger partial charge in [-0.1, -0.05) is 0 Å². The highest BCUT2D eigenvalue weighted by Gasteiger charge is 2.11. The van der Waals surface area contributed by atoms with E-state index in [9.17, 15) is 0 Å². The van der Waals surface area contributed by atoms with Crippen LogP contribution < -0.4 is 11.3 Å². The molecular formula is C8H14N2OS. The topological polar surface area (TPSA) is 47.3 Å². The van der Waals surface area contributed by atoms with Gasteiger partial charge >= 0.3 is 0 Å². The maximum absolute atomic E-state index is 5.39. The van der Waals surface area contributed by atoms with Crippen LogP contribution in [0.5, 0.6) is 0 Å². The molecule has 0 aromatic carbocycles. The molecule has 3 N–H and O–H groups in total. The van der Waals surface area contributed by atoms with Crippen LogP contribution in [0.25, 0.3) is 0 Å². The van der Waals surface area contributed by atoms with Gasteiger partial charge in [-0.3, -0.25) is 11.3 Å². The number of methoxy groups -OCH3 is 1. The molecule has 0 amide bonds. The summed E-state index contributed by atoms with van der Waals surface area (Å²) in [6.07, 6.45) is 0. The Hall–Kier alpha value is -0.420. The van der Waals surface area contributed by atoms with Crippen molar-refractivity contribution in [2.75, 3.05) is 13.7 Å². The Labute approximate surface area is 76.5 Å². The Morgan fingerprint density at radius 3 is 2.92 bits per heavy atom. The Bertz CT molecular complexity index is 237. The molecular weight excluding hydrogens is 172 g/mol. The lowest BCUT2D eigenvalue weighted by atomic mass is 10.1. The van der Waals surface area contributed by atoms with Crippen LogP contribution in [0.2, 0.25) is 0 Å². The molecule has 0 aliphatic carbocycles. The monoisotopic (exact) mass is 186 g/mol. The number of hydrogen-bond donors (Lipinski definition) is 2. The number of hydrazine groups is 1. The summed E-state index contributed by atoms with van der Waals surface area (Å²) < 4.78 is 5.04. The normalized spacial score (nSPS) is 13.2. The quantitative estimate of drug-likeness (QED) is 0.549. The Morgan fingerprint density at radius 2 is 2.50 bits per heavy atom. The van der Waals surface area contributed by atoms with E-state index in [0.717, 1.165) is 0 Å². The first kappa shape index (κ1) is 9.67. The minimum absolute atomic E-state index is 0.112. The fraction of sp³-hybridized carbons (Fsp3) is 0.500. The zero-order chi connectivity index (χ0) is 8.97. The first-order chi connectivity index (χ1) is 5.79. The molecule has 0 fully saturated rings. The predicted octanol–water partition coefficient (Wildman–Crippen LogP) is 1.21. The van der Waals surface area contributed by atoms with Gasteiger partial charge < -0.3 is 4.74 Å². The summed E-state index contributed by atoms with van der Waals surface area (Å²) in [5.74, 6) is 5.39. The molecule has 0 saturated carbocycles. The average Bonchev–Trinajstić information content (AvgIpc) is 2.47. The molecule has 68 valence electrons. The van der Waals surface area contributed by atoms with Crippen LogP contribution in [-0.2, 0) is 4.74 Å². The predicted molar refractivity (Wildman–Crippen MR) is 51.0 cm³/mol. The van der Waals surface area contributed by atoms with Crippen molar-refractivity contribution in [3.8, 4) is 0 Å². The van der Waals surface area contributed by atoms with Gasteiger partial charge in [0.15, 0.2) is 0 Å². The third-order valence-electron chi connectivity index (χ3n) is 1.81. The average molecular weight is 186 g/mol. The number of nitrogens with one attached hydrogen (secondary N) is 1. The maximum atomic E-state index is 5.39. The summed E-state index contributed by atoms with van der Waals surface area (Å²) in [5.41, 5.74) is 3.95. The molecule has 0 aliphatic heterocycles. The van der Waals surface area contributed by atoms with Crippen molar-refractivity contribution in [3.05, 3.63) is 21.9 Å². The van der Waals surface area contributed by atoms with Gasteiger partial charge in [0.05, 0.1) is 12.6 Å². The minimum Gasteiger partial charge on any atom is -0.383 e. The van der Waals surface area contributed by atoms with Crippen molar-refractivity contribution in [1.29, 1.82) is 0 Å². The summed E-state index contributed by atoms with van der Waals surface area (Å²) in [6, 6.07) is 2.19. The van der Waals surface area contributed by atoms with Crippen molar-refractivity contribution in [2.24, 2.45) is 5.84 Å². The molecule has 4 heteroatoms. The number of hydrogen-bond acceptors (Lipinski definition) is 4. The maximum Gasteiger partial charge on any atom is 0.0704 e. The smallest absolute Gasteiger partial charge is 0.0704 e. The molecule has 0 spiro atoms. The van der Waals surface area contributed by atoms with Crippen molar-refractivity contribution in [3.63, 3.8) is 0 Å². The molecule has 12 heavy (non-hydrogen) atoms. The molecule has 0 aliphatic rings. The third kappa shape index (κ3) is 2.04. The van der Waals surface area contributed by atoms with Gasteiger partial charge in [-0.05, 0) is 23.9 Å². The number of thiophene rings is 1. The van der Waals surface area contributed by atoms with Crippen LogP contribution in [0.15, 0.2) is 11.4 Å². The standard InChI is InChI=1S/C8H14N2OS/c1-6-7(3-4-12-6)8(10-9)5-11-2/h3-4,8,10H,5,9H2,1-2H3. The molecule has 3 nitrogen and oxygen atoms in total. The van der Waals surface area contributed by atoms with Crippen LogP contribution >= 0.6 is 11.3 Å². The lowest BCUT2D eigenvalue weighted by Crippen LogP contribution is -2.31. The summed E-state index contributed by atoms with van der Waals surface area (Å²) >= 11 is 1.72. The molecule has 0 bridgehead atoms. The number of ether oxygens (including phenoxy) is 1. The van der Waals surface area contributed by atoms with Gasteiger partial charge in [-0.15, -0.1) is 11.3 Å². The fourth-order valence-electron chi connectivity index (χ4n) is 1.15. The van der Waals surface area contributed by atoms with Crippen molar-refractivity contribution < 1.29 is 4.74 Å². The molecule has 1 heterocycles. The van der Waals surface area contributed by atoms with E-state index < -0.39 is 0 Å². The zero-order valence-electron chi connectivity index (χ0n) is 7.33. The molecule has 1 rings (SSSR count). The lowest BCUT2D eigenvalue weighted by molar-refractivity contribution is 0.167. The minimum atomic E-state index is 0.112. The van der Waals surface area contributed by atoms with Gasteiger partial charge in [0.2, 0.25) is 0 Å². The van der Waals surface area contributed by atoms with Crippen molar-refractivity contribution in [2.45, 2.75) is 13.0 Å². The van der Waals surface area contributed by atoms with Gasteiger partial charge in [0, 0.05) is 12.0 Å². The Balaban J connectivity index is 2.72. The molecule has 1 aromatic rings. The highest BCUT2D eigenvalue weighted by molar-refractivity contribution is 7.10. The summed E-state index contributed by atoms with van der Waals surface area (Å²) in [4.78, 5) is 1.29. The highest BCUT2D eigenvalue weighted by Crippen LogP contribution is 2.21. The van der Waals surface area contributed by atoms with Crippen molar-refractivity contribution >= 4 is 11.3 Å². The van der Waals surface area contributed by atoms with E-state index in [1.165, 1.54) is 10.4 Å². The molecule has 1 atom stereocenters. The number of nitrogens with two attached hydrogens (primary N) is 1. The van der Waals surface area contributed by atoms with E-state index in [1.54, 1.807) is 18.4 Å². The highest BCUT2D eigenvalue weighted by atomic mass is 32.1. The van der Waals surface area contributed by atoms with Crippen LogP contribution in [0.4, 0.5) is 0 Å². The summed E-state index contributed by atoms with van der Waals surface area (Å²) in [5, 5.41) is 2.06. The van der Waals surface area contributed by atoms with Gasteiger partial charge in [0.25, 0.3) is 0 Å². The molecule has 1 aromatic heterocycles. The Morgan fingerprint density at radius 1 is 1.75 bits per heavy atom. The fourth-order valence-corrected chi connectivity index (χ4v) is 1.92. The zero-order valence-corrected chi connectivity index (χ0v) is 8.15. The Kier molecular flexibility index (Phi) is 3.68. The largest absolute Gasteiger partial charge is 0.383 e. The third-order valence-corrected chi connectivity index (χ3v) is 2.67. The van der Waals surface area contributed by atoms with Crippen LogP contribution in [0.1, 0.15) is 16.5 Å². The van der Waals surface area contributed by atoms with E-state index in [1.807, 2.05) is 0 Å². The van der Waals surface area contributed by atoms with Crippen molar-refractivity contribution in [1.82, 2.24) is 5.43 Å². The summed E-state index contributed by atoms with van der Waals surface area (Å²) in [6.45, 7) is 2.69. The molecule has 0 saturated heterocycles. The van der Waals surface area contributed by atoms with Gasteiger partial charge in [-0.25, -0.2) is 0 Å². The first-order valence-electron chi connectivity index (χ1n) is 3.78. The van der Waals surface area contributed by atoms with Gasteiger partial charge in [-0.2, -0.15) is 0 Å². The van der Waals surface area contributed by atoms with E-state index in [2.05, 4.69) is 23.8 Å². The second-order valence-corrected chi connectivity index (χ2v) is 3.73. The number of rotatable bonds is 4. The second-order valence-electron chi connectivity index (χ2n) is 2.61. The summed E-state index contributed by atoms with van der Waals surface area (Å²) in [7, 11) is 1.67. The lowest BCUT2D eigenvalue weighted by Gasteiger charge is -2.14. The molecule has 0 radical (unpaired) electrons. The SMILES string of the molecule is COCC(NN)c1ccsc1C. The second kappa shape index (κ2) is 4.57. The van der Waals surface area contributed by atoms with E-state index in [4.69, 9.17) is 10.6 Å². The van der Waals surface area contributed by atoms with Crippen LogP contribution in [0, 0.1) is 6.92 Å². The van der Waals surface area contributed by atoms with Gasteiger partial charge in [0.1, 0.15) is 0 Å². The van der Waals surface area contributed by atoms with E-state index in [0.29, 0.717) is 6.61 Å². The van der Waals surface area contributed by atoms with E-state index in [-0.39, 0.29) is 6.04 Å². The first-order valence-corrected chi connectivity index (χ1v) is 4.66. The number of aryl methyl sites for hydroxylation is 1. The molecule has 1 unspecified atom stereocenters. The van der Waals surface area contributed by atoms with Crippen LogP contribution in [-0.4, -0.2) is 13.7 Å². The van der Waals surface area contributed by atoms with Crippen LogP contribution in [0.3, 0.4) is 0 Å².